The van der Waals surface area contributed by atoms with Crippen molar-refractivity contribution in [2.24, 2.45) is 0 Å². The van der Waals surface area contributed by atoms with Crippen LogP contribution in [0.15, 0.2) is 48.7 Å². The number of aromatic amines is 1. The van der Waals surface area contributed by atoms with Gasteiger partial charge in [0, 0.05) is 17.8 Å². The molecular weight excluding hydrogens is 310 g/mol. The van der Waals surface area contributed by atoms with Crippen molar-refractivity contribution in [3.63, 3.8) is 0 Å². The van der Waals surface area contributed by atoms with Crippen LogP contribution in [0.1, 0.15) is 5.56 Å². The molecule has 0 saturated heterocycles. The minimum atomic E-state index is -0.514. The number of methoxy groups -OCH3 is 1. The second-order valence-electron chi connectivity index (χ2n) is 5.27. The molecule has 0 atom stereocenters. The zero-order valence-electron chi connectivity index (χ0n) is 12.9. The van der Waals surface area contributed by atoms with Gasteiger partial charge in [-0.05, 0) is 29.1 Å². The molecule has 0 aliphatic heterocycles. The molecule has 0 aliphatic rings. The number of anilines is 1. The lowest BCUT2D eigenvalue weighted by atomic mass is 10.1. The molecule has 0 aliphatic carbocycles. The fourth-order valence-corrected chi connectivity index (χ4v) is 2.48. The first-order valence-electron chi connectivity index (χ1n) is 7.25. The average Bonchev–Trinajstić information content (AvgIpc) is 3.02. The van der Waals surface area contributed by atoms with Gasteiger partial charge >= 0.3 is 0 Å². The monoisotopic (exact) mass is 325 g/mol. The number of nitrogens with zero attached hydrogens (tertiary/aromatic N) is 1. The Bertz CT molecular complexity index is 917. The van der Waals surface area contributed by atoms with Gasteiger partial charge in [-0.2, -0.15) is 0 Å². The summed E-state index contributed by atoms with van der Waals surface area (Å²) in [5, 5.41) is 14.6. The molecular formula is C17H15N3O4. The molecule has 0 radical (unpaired) electrons. The zero-order valence-corrected chi connectivity index (χ0v) is 12.9. The van der Waals surface area contributed by atoms with Gasteiger partial charge in [-0.3, -0.25) is 14.9 Å². The standard InChI is InChI=1S/C17H15N3O4/c1-24-16-10-13(20(22)23)4-5-14(16)19-17(21)9-11-2-3-12-6-7-18-15(12)8-11/h2-8,10,18H,9H2,1H3,(H,19,21). The third kappa shape index (κ3) is 3.19. The number of benzene rings is 2. The van der Waals surface area contributed by atoms with Crippen molar-refractivity contribution < 1.29 is 14.5 Å². The van der Waals surface area contributed by atoms with E-state index in [1.807, 2.05) is 30.5 Å². The van der Waals surface area contributed by atoms with Crippen LogP contribution in [0.2, 0.25) is 0 Å². The maximum atomic E-state index is 12.2. The summed E-state index contributed by atoms with van der Waals surface area (Å²) in [4.78, 5) is 25.6. The van der Waals surface area contributed by atoms with E-state index >= 15 is 0 Å². The van der Waals surface area contributed by atoms with Crippen LogP contribution in [0.3, 0.4) is 0 Å². The van der Waals surface area contributed by atoms with Gasteiger partial charge in [0.25, 0.3) is 5.69 Å². The van der Waals surface area contributed by atoms with E-state index in [0.29, 0.717) is 5.69 Å². The number of aromatic nitrogens is 1. The lowest BCUT2D eigenvalue weighted by Crippen LogP contribution is -2.15. The average molecular weight is 325 g/mol. The molecule has 2 aromatic carbocycles. The normalized spacial score (nSPS) is 10.5. The highest BCUT2D eigenvalue weighted by Crippen LogP contribution is 2.29. The third-order valence-corrected chi connectivity index (χ3v) is 3.65. The quantitative estimate of drug-likeness (QED) is 0.555. The molecule has 7 nitrogen and oxygen atoms in total. The predicted octanol–water partition coefficient (Wildman–Crippen LogP) is 3.27. The first-order chi connectivity index (χ1) is 11.6. The molecule has 0 fully saturated rings. The van der Waals surface area contributed by atoms with E-state index < -0.39 is 4.92 Å². The van der Waals surface area contributed by atoms with Crippen LogP contribution in [0, 0.1) is 10.1 Å². The number of nitro groups is 1. The molecule has 0 saturated carbocycles. The highest BCUT2D eigenvalue weighted by atomic mass is 16.6. The number of hydrogen-bond donors (Lipinski definition) is 2. The van der Waals surface area contributed by atoms with E-state index in [1.54, 1.807) is 0 Å². The number of nitrogens with one attached hydrogen (secondary N) is 2. The fourth-order valence-electron chi connectivity index (χ4n) is 2.48. The summed E-state index contributed by atoms with van der Waals surface area (Å²) in [5.41, 5.74) is 2.13. The van der Waals surface area contributed by atoms with Crippen molar-refractivity contribution in [2.45, 2.75) is 6.42 Å². The van der Waals surface area contributed by atoms with Crippen molar-refractivity contribution in [1.29, 1.82) is 0 Å². The molecule has 2 N–H and O–H groups in total. The van der Waals surface area contributed by atoms with Crippen LogP contribution < -0.4 is 10.1 Å². The summed E-state index contributed by atoms with van der Waals surface area (Å²) in [6.07, 6.45) is 2.03. The minimum absolute atomic E-state index is 0.0953. The molecule has 1 heterocycles. The van der Waals surface area contributed by atoms with Crippen molar-refractivity contribution in [2.75, 3.05) is 12.4 Å². The lowest BCUT2D eigenvalue weighted by Gasteiger charge is -2.10. The van der Waals surface area contributed by atoms with E-state index in [0.717, 1.165) is 16.5 Å². The Hall–Kier alpha value is -3.35. The number of rotatable bonds is 5. The SMILES string of the molecule is COc1cc([N+](=O)[O-])ccc1NC(=O)Cc1ccc2cc[nH]c2c1. The minimum Gasteiger partial charge on any atom is -0.494 e. The van der Waals surface area contributed by atoms with Crippen molar-refractivity contribution in [3.8, 4) is 5.75 Å². The topological polar surface area (TPSA) is 97.3 Å². The first kappa shape index (κ1) is 15.5. The maximum Gasteiger partial charge on any atom is 0.273 e. The van der Waals surface area contributed by atoms with E-state index in [2.05, 4.69) is 10.3 Å². The summed E-state index contributed by atoms with van der Waals surface area (Å²) in [7, 11) is 1.40. The molecule has 3 aromatic rings. The highest BCUT2D eigenvalue weighted by molar-refractivity contribution is 5.94. The largest absolute Gasteiger partial charge is 0.494 e. The van der Waals surface area contributed by atoms with Crippen LogP contribution in [0.25, 0.3) is 10.9 Å². The summed E-state index contributed by atoms with van der Waals surface area (Å²) >= 11 is 0. The molecule has 0 spiro atoms. The van der Waals surface area contributed by atoms with Gasteiger partial charge in [0.1, 0.15) is 5.75 Å². The molecule has 7 heteroatoms. The Balaban J connectivity index is 1.75. The number of H-pyrrole nitrogens is 1. The third-order valence-electron chi connectivity index (χ3n) is 3.65. The number of fused-ring (bicyclic) bond motifs is 1. The van der Waals surface area contributed by atoms with Crippen molar-refractivity contribution in [1.82, 2.24) is 4.98 Å². The summed E-state index contributed by atoms with van der Waals surface area (Å²) < 4.78 is 5.11. The number of carbonyl (C=O) groups excluding carboxylic acids is 1. The fraction of sp³-hybridized carbons (Fsp3) is 0.118. The molecule has 122 valence electrons. The number of hydrogen-bond acceptors (Lipinski definition) is 4. The second-order valence-corrected chi connectivity index (χ2v) is 5.27. The smallest absolute Gasteiger partial charge is 0.273 e. The van der Waals surface area contributed by atoms with E-state index in [4.69, 9.17) is 4.74 Å². The van der Waals surface area contributed by atoms with E-state index in [-0.39, 0.29) is 23.8 Å². The van der Waals surface area contributed by atoms with E-state index in [9.17, 15) is 14.9 Å². The lowest BCUT2D eigenvalue weighted by molar-refractivity contribution is -0.384. The number of amides is 1. The summed E-state index contributed by atoms with van der Waals surface area (Å²) in [6, 6.07) is 11.8. The Morgan fingerprint density at radius 3 is 2.83 bits per heavy atom. The van der Waals surface area contributed by atoms with Gasteiger partial charge in [-0.25, -0.2) is 0 Å². The van der Waals surface area contributed by atoms with Crippen molar-refractivity contribution >= 4 is 28.2 Å². The molecule has 1 amide bonds. The predicted molar refractivity (Wildman–Crippen MR) is 90.3 cm³/mol. The highest BCUT2D eigenvalue weighted by Gasteiger charge is 2.13. The van der Waals surface area contributed by atoms with Crippen LogP contribution >= 0.6 is 0 Å². The number of carbonyl (C=O) groups is 1. The van der Waals surface area contributed by atoms with Crippen LogP contribution in [-0.2, 0) is 11.2 Å². The van der Waals surface area contributed by atoms with Gasteiger partial charge in [0.15, 0.2) is 0 Å². The molecule has 0 bridgehead atoms. The maximum absolute atomic E-state index is 12.2. The first-order valence-corrected chi connectivity index (χ1v) is 7.25. The van der Waals surface area contributed by atoms with Gasteiger partial charge in [-0.1, -0.05) is 12.1 Å². The van der Waals surface area contributed by atoms with Gasteiger partial charge in [0.2, 0.25) is 5.91 Å². The van der Waals surface area contributed by atoms with Crippen molar-refractivity contribution in [3.05, 3.63) is 64.3 Å². The Morgan fingerprint density at radius 2 is 2.08 bits per heavy atom. The number of non-ortho nitro benzene ring substituents is 1. The summed E-state index contributed by atoms with van der Waals surface area (Å²) in [6.45, 7) is 0. The molecule has 24 heavy (non-hydrogen) atoms. The molecule has 3 rings (SSSR count). The Labute approximate surface area is 137 Å². The zero-order chi connectivity index (χ0) is 17.1. The summed E-state index contributed by atoms with van der Waals surface area (Å²) in [5.74, 6) is 0.0189. The molecule has 0 unspecified atom stereocenters. The van der Waals surface area contributed by atoms with E-state index in [1.165, 1.54) is 25.3 Å². The number of nitro benzene ring substituents is 1. The van der Waals surface area contributed by atoms with Gasteiger partial charge in [0.05, 0.1) is 30.2 Å². The van der Waals surface area contributed by atoms with Gasteiger partial charge in [-0.15, -0.1) is 0 Å². The van der Waals surface area contributed by atoms with Crippen LogP contribution in [0.4, 0.5) is 11.4 Å². The Kier molecular flexibility index (Phi) is 4.15. The second kappa shape index (κ2) is 6.41. The van der Waals surface area contributed by atoms with Gasteiger partial charge < -0.3 is 15.0 Å². The Morgan fingerprint density at radius 1 is 1.25 bits per heavy atom. The van der Waals surface area contributed by atoms with Crippen LogP contribution in [-0.4, -0.2) is 22.9 Å². The molecule has 1 aromatic heterocycles. The number of ether oxygens (including phenoxy) is 1. The van der Waals surface area contributed by atoms with Crippen LogP contribution in [0.5, 0.6) is 5.75 Å².